The largest absolute Gasteiger partial charge is 0.495 e. The molecule has 0 bridgehead atoms. The van der Waals surface area contributed by atoms with Gasteiger partial charge in [0, 0.05) is 13.1 Å². The number of nitrogens with zero attached hydrogens (tertiary/aromatic N) is 1. The lowest BCUT2D eigenvalue weighted by molar-refractivity contribution is -0.124. The van der Waals surface area contributed by atoms with E-state index in [1.54, 1.807) is 13.2 Å². The summed E-state index contributed by atoms with van der Waals surface area (Å²) in [5.74, 6) is 1.08. The number of benzene rings is 1. The molecule has 2 rings (SSSR count). The molecule has 0 radical (unpaired) electrons. The van der Waals surface area contributed by atoms with E-state index in [0.29, 0.717) is 36.4 Å². The van der Waals surface area contributed by atoms with Gasteiger partial charge in [0.1, 0.15) is 5.75 Å². The molecule has 0 aliphatic carbocycles. The zero-order valence-electron chi connectivity index (χ0n) is 15.2. The second-order valence-corrected chi connectivity index (χ2v) is 6.70. The normalized spacial score (nSPS) is 20.3. The molecule has 2 amide bonds. The van der Waals surface area contributed by atoms with Crippen molar-refractivity contribution in [3.05, 3.63) is 23.8 Å². The first-order valence-electron chi connectivity index (χ1n) is 8.56. The highest BCUT2D eigenvalue weighted by Crippen LogP contribution is 2.25. The quantitative estimate of drug-likeness (QED) is 0.670. The minimum atomic E-state index is -0.285. The van der Waals surface area contributed by atoms with Crippen LogP contribution in [0.1, 0.15) is 12.5 Å². The highest BCUT2D eigenvalue weighted by Gasteiger charge is 2.29. The number of amides is 2. The Hall–Kier alpha value is -2.12. The first kappa shape index (κ1) is 19.2. The third-order valence-electron chi connectivity index (χ3n) is 4.59. The van der Waals surface area contributed by atoms with E-state index in [1.807, 2.05) is 19.1 Å². The van der Waals surface area contributed by atoms with Gasteiger partial charge in [0.15, 0.2) is 0 Å². The summed E-state index contributed by atoms with van der Waals surface area (Å²) in [6.07, 6.45) is 0. The van der Waals surface area contributed by atoms with Crippen molar-refractivity contribution >= 4 is 17.5 Å². The van der Waals surface area contributed by atoms with E-state index < -0.39 is 0 Å². The molecule has 1 aliphatic heterocycles. The van der Waals surface area contributed by atoms with Crippen molar-refractivity contribution in [2.24, 2.45) is 17.6 Å². The number of hydrogen-bond donors (Lipinski definition) is 3. The fraction of sp³-hybridized carbons (Fsp3) is 0.556. The molecule has 1 aliphatic rings. The molecule has 138 valence electrons. The first-order chi connectivity index (χ1) is 11.9. The molecule has 4 N–H and O–H groups in total. The van der Waals surface area contributed by atoms with Crippen LogP contribution in [-0.2, 0) is 9.59 Å². The molecule has 2 unspecified atom stereocenters. The van der Waals surface area contributed by atoms with E-state index in [-0.39, 0.29) is 18.4 Å². The van der Waals surface area contributed by atoms with E-state index in [2.05, 4.69) is 22.5 Å². The smallest absolute Gasteiger partial charge is 0.243 e. The molecule has 1 heterocycles. The van der Waals surface area contributed by atoms with Gasteiger partial charge in [0.25, 0.3) is 0 Å². The minimum Gasteiger partial charge on any atom is -0.495 e. The summed E-state index contributed by atoms with van der Waals surface area (Å²) in [6, 6.07) is 5.53. The third kappa shape index (κ3) is 5.44. The highest BCUT2D eigenvalue weighted by atomic mass is 16.5. The summed E-state index contributed by atoms with van der Waals surface area (Å²) in [6.45, 7) is 6.64. The van der Waals surface area contributed by atoms with Gasteiger partial charge in [-0.3, -0.25) is 14.5 Å². The monoisotopic (exact) mass is 348 g/mol. The number of aryl methyl sites for hydroxylation is 1. The van der Waals surface area contributed by atoms with Gasteiger partial charge >= 0.3 is 0 Å². The van der Waals surface area contributed by atoms with E-state index in [9.17, 15) is 9.59 Å². The second-order valence-electron chi connectivity index (χ2n) is 6.70. The molecule has 0 aromatic heterocycles. The van der Waals surface area contributed by atoms with Crippen LogP contribution < -0.4 is 21.1 Å². The summed E-state index contributed by atoms with van der Waals surface area (Å²) in [5, 5.41) is 5.43. The molecule has 7 heteroatoms. The van der Waals surface area contributed by atoms with E-state index in [1.165, 1.54) is 0 Å². The third-order valence-corrected chi connectivity index (χ3v) is 4.59. The standard InChI is InChI=1S/C18H28N4O3/c1-12-4-5-16(25-3)15(6-12)21-17(23)8-20-18(24)11-22-9-13(2)14(7-19)10-22/h4-6,13-14H,7-11,19H2,1-3H3,(H,20,24)(H,21,23). The van der Waals surface area contributed by atoms with Crippen LogP contribution in [0.2, 0.25) is 0 Å². The summed E-state index contributed by atoms with van der Waals surface area (Å²) < 4.78 is 5.23. The number of rotatable bonds is 7. The van der Waals surface area contributed by atoms with Gasteiger partial charge in [0.2, 0.25) is 11.8 Å². The summed E-state index contributed by atoms with van der Waals surface area (Å²) in [5.41, 5.74) is 7.34. The Kier molecular flexibility index (Phi) is 6.78. The molecular formula is C18H28N4O3. The van der Waals surface area contributed by atoms with Crippen molar-refractivity contribution < 1.29 is 14.3 Å². The SMILES string of the molecule is COc1ccc(C)cc1NC(=O)CNC(=O)CN1CC(C)C(CN)C1. The number of methoxy groups -OCH3 is 1. The summed E-state index contributed by atoms with van der Waals surface area (Å²) in [4.78, 5) is 26.2. The maximum atomic E-state index is 12.1. The molecular weight excluding hydrogens is 320 g/mol. The van der Waals surface area contributed by atoms with Crippen molar-refractivity contribution in [2.45, 2.75) is 13.8 Å². The Balaban J connectivity index is 1.78. The van der Waals surface area contributed by atoms with Crippen molar-refractivity contribution in [2.75, 3.05) is 45.2 Å². The maximum Gasteiger partial charge on any atom is 0.243 e. The van der Waals surface area contributed by atoms with Gasteiger partial charge in [-0.05, 0) is 43.0 Å². The fourth-order valence-electron chi connectivity index (χ4n) is 3.13. The van der Waals surface area contributed by atoms with Crippen LogP contribution in [0.3, 0.4) is 0 Å². The number of nitrogens with one attached hydrogen (secondary N) is 2. The summed E-state index contributed by atoms with van der Waals surface area (Å²) in [7, 11) is 1.55. The summed E-state index contributed by atoms with van der Waals surface area (Å²) >= 11 is 0. The number of nitrogens with two attached hydrogens (primary N) is 1. The van der Waals surface area contributed by atoms with Crippen LogP contribution in [0.25, 0.3) is 0 Å². The lowest BCUT2D eigenvalue weighted by Gasteiger charge is -2.15. The molecule has 1 fully saturated rings. The Bertz CT molecular complexity index is 620. The maximum absolute atomic E-state index is 12.1. The minimum absolute atomic E-state index is 0.0698. The molecule has 1 aromatic carbocycles. The molecule has 1 saturated heterocycles. The lowest BCUT2D eigenvalue weighted by atomic mass is 9.99. The van der Waals surface area contributed by atoms with E-state index in [4.69, 9.17) is 10.5 Å². The number of carbonyl (C=O) groups excluding carboxylic acids is 2. The van der Waals surface area contributed by atoms with Crippen molar-refractivity contribution in [3.8, 4) is 5.75 Å². The van der Waals surface area contributed by atoms with E-state index >= 15 is 0 Å². The lowest BCUT2D eigenvalue weighted by Crippen LogP contribution is -2.40. The van der Waals surface area contributed by atoms with E-state index in [0.717, 1.165) is 18.7 Å². The Morgan fingerprint density at radius 2 is 2.08 bits per heavy atom. The van der Waals surface area contributed by atoms with Gasteiger partial charge in [-0.1, -0.05) is 13.0 Å². The van der Waals surface area contributed by atoms with Crippen molar-refractivity contribution in [1.82, 2.24) is 10.2 Å². The van der Waals surface area contributed by atoms with Crippen LogP contribution in [0.15, 0.2) is 18.2 Å². The second kappa shape index (κ2) is 8.82. The fourth-order valence-corrected chi connectivity index (χ4v) is 3.13. The van der Waals surface area contributed by atoms with Crippen molar-refractivity contribution in [3.63, 3.8) is 0 Å². The van der Waals surface area contributed by atoms with Gasteiger partial charge in [-0.15, -0.1) is 0 Å². The Labute approximate surface area is 148 Å². The number of hydrogen-bond acceptors (Lipinski definition) is 5. The highest BCUT2D eigenvalue weighted by molar-refractivity contribution is 5.96. The van der Waals surface area contributed by atoms with Gasteiger partial charge in [0.05, 0.1) is 25.9 Å². The van der Waals surface area contributed by atoms with Gasteiger partial charge < -0.3 is 21.1 Å². The zero-order valence-corrected chi connectivity index (χ0v) is 15.2. The van der Waals surface area contributed by atoms with Crippen LogP contribution in [-0.4, -0.2) is 56.5 Å². The van der Waals surface area contributed by atoms with Gasteiger partial charge in [-0.25, -0.2) is 0 Å². The average molecular weight is 348 g/mol. The molecule has 25 heavy (non-hydrogen) atoms. The Morgan fingerprint density at radius 3 is 2.72 bits per heavy atom. The number of ether oxygens (including phenoxy) is 1. The predicted molar refractivity (Wildman–Crippen MR) is 97.5 cm³/mol. The average Bonchev–Trinajstić information content (AvgIpc) is 2.92. The predicted octanol–water partition coefficient (Wildman–Crippen LogP) is 0.585. The van der Waals surface area contributed by atoms with Crippen LogP contribution >= 0.6 is 0 Å². The molecule has 1 aromatic rings. The van der Waals surface area contributed by atoms with Crippen LogP contribution in [0.4, 0.5) is 5.69 Å². The number of anilines is 1. The number of likely N-dealkylation sites (tertiary alicyclic amines) is 1. The molecule has 7 nitrogen and oxygen atoms in total. The topological polar surface area (TPSA) is 96.7 Å². The first-order valence-corrected chi connectivity index (χ1v) is 8.56. The van der Waals surface area contributed by atoms with Crippen molar-refractivity contribution in [1.29, 1.82) is 0 Å². The Morgan fingerprint density at radius 1 is 1.32 bits per heavy atom. The molecule has 0 spiro atoms. The number of carbonyl (C=O) groups is 2. The van der Waals surface area contributed by atoms with Crippen LogP contribution in [0, 0.1) is 18.8 Å². The van der Waals surface area contributed by atoms with Crippen LogP contribution in [0.5, 0.6) is 5.75 Å². The zero-order chi connectivity index (χ0) is 18.4. The molecule has 0 saturated carbocycles. The van der Waals surface area contributed by atoms with Gasteiger partial charge in [-0.2, -0.15) is 0 Å². The molecule has 2 atom stereocenters.